The van der Waals surface area contributed by atoms with E-state index < -0.39 is 12.7 Å². The molecule has 1 fully saturated rings. The fraction of sp³-hybridized carbons (Fsp3) is 0.350. The smallest absolute Gasteiger partial charge is 0.387 e. The highest BCUT2D eigenvalue weighted by atomic mass is 35.5. The predicted octanol–water partition coefficient (Wildman–Crippen LogP) is 3.75. The summed E-state index contributed by atoms with van der Waals surface area (Å²) in [5.74, 6) is -0.175. The third kappa shape index (κ3) is 5.89. The predicted molar refractivity (Wildman–Crippen MR) is 105 cm³/mol. The van der Waals surface area contributed by atoms with Crippen LogP contribution in [0.1, 0.15) is 24.0 Å². The minimum atomic E-state index is -2.92. The number of carbonyl (C=O) groups excluding carboxylic acids is 1. The lowest BCUT2D eigenvalue weighted by molar-refractivity contribution is -0.126. The van der Waals surface area contributed by atoms with Gasteiger partial charge in [-0.3, -0.25) is 4.79 Å². The normalized spacial score (nSPS) is 18.6. The number of anilines is 1. The van der Waals surface area contributed by atoms with Gasteiger partial charge in [0, 0.05) is 24.2 Å². The van der Waals surface area contributed by atoms with Crippen LogP contribution in [0.3, 0.4) is 0 Å². The van der Waals surface area contributed by atoms with E-state index in [0.717, 1.165) is 12.0 Å². The number of alkyl halides is 2. The zero-order chi connectivity index (χ0) is 19.2. The summed E-state index contributed by atoms with van der Waals surface area (Å²) < 4.78 is 35.6. The molecule has 0 radical (unpaired) electrons. The maximum Gasteiger partial charge on any atom is 0.387 e. The number of amides is 1. The van der Waals surface area contributed by atoms with Crippen molar-refractivity contribution >= 4 is 24.0 Å². The van der Waals surface area contributed by atoms with Crippen molar-refractivity contribution in [3.63, 3.8) is 0 Å². The van der Waals surface area contributed by atoms with Crippen LogP contribution in [0.25, 0.3) is 0 Å². The molecule has 3 rings (SSSR count). The third-order valence-electron chi connectivity index (χ3n) is 4.44. The lowest BCUT2D eigenvalue weighted by Crippen LogP contribution is -2.29. The molecule has 1 amide bonds. The SMILES string of the molecule is Cl.NC[C@H]1CC[C@@H](C(=O)Nc2ccc(OC(F)F)c(Cc3ccccc3)c2)O1. The van der Waals surface area contributed by atoms with E-state index in [4.69, 9.17) is 10.5 Å². The van der Waals surface area contributed by atoms with Gasteiger partial charge in [-0.05, 0) is 36.6 Å². The van der Waals surface area contributed by atoms with Crippen molar-refractivity contribution < 1.29 is 23.0 Å². The van der Waals surface area contributed by atoms with Gasteiger partial charge in [0.2, 0.25) is 0 Å². The van der Waals surface area contributed by atoms with Crippen LogP contribution in [0, 0.1) is 0 Å². The van der Waals surface area contributed by atoms with E-state index in [1.165, 1.54) is 6.07 Å². The van der Waals surface area contributed by atoms with Crippen LogP contribution in [0.15, 0.2) is 48.5 Å². The van der Waals surface area contributed by atoms with Crippen LogP contribution in [-0.4, -0.2) is 31.3 Å². The Balaban J connectivity index is 0.00000280. The standard InChI is InChI=1S/C20H22F2N2O3.ClH/c21-20(22)27-17-8-6-15(11-14(17)10-13-4-2-1-3-5-13)24-19(25)18-9-7-16(12-23)26-18;/h1-6,8,11,16,18,20H,7,9-10,12,23H2,(H,24,25);1H/t16-,18+;/m1./s1. The first kappa shape index (κ1) is 22.1. The highest BCUT2D eigenvalue weighted by molar-refractivity contribution is 5.94. The molecule has 0 saturated carbocycles. The Bertz CT molecular complexity index is 777. The second-order valence-corrected chi connectivity index (χ2v) is 6.41. The average molecular weight is 413 g/mol. The van der Waals surface area contributed by atoms with E-state index in [2.05, 4.69) is 10.1 Å². The van der Waals surface area contributed by atoms with Crippen LogP contribution in [0.5, 0.6) is 5.75 Å². The number of nitrogens with two attached hydrogens (primary N) is 1. The number of carbonyl (C=O) groups is 1. The molecular weight excluding hydrogens is 390 g/mol. The molecule has 5 nitrogen and oxygen atoms in total. The van der Waals surface area contributed by atoms with Crippen molar-refractivity contribution in [3.8, 4) is 5.75 Å². The molecule has 2 aromatic carbocycles. The number of hydrogen-bond acceptors (Lipinski definition) is 4. The number of rotatable bonds is 7. The monoisotopic (exact) mass is 412 g/mol. The molecular formula is C20H23ClF2N2O3. The molecule has 3 N–H and O–H groups in total. The molecule has 1 saturated heterocycles. The van der Waals surface area contributed by atoms with Gasteiger partial charge < -0.3 is 20.5 Å². The molecule has 0 spiro atoms. The Labute approximate surface area is 168 Å². The molecule has 28 heavy (non-hydrogen) atoms. The van der Waals surface area contributed by atoms with Gasteiger partial charge in [-0.25, -0.2) is 0 Å². The Morgan fingerprint density at radius 1 is 1.21 bits per heavy atom. The Hall–Kier alpha value is -2.22. The van der Waals surface area contributed by atoms with Gasteiger partial charge in [-0.1, -0.05) is 30.3 Å². The van der Waals surface area contributed by atoms with E-state index in [-0.39, 0.29) is 30.2 Å². The van der Waals surface area contributed by atoms with Crippen LogP contribution < -0.4 is 15.8 Å². The largest absolute Gasteiger partial charge is 0.435 e. The highest BCUT2D eigenvalue weighted by Crippen LogP contribution is 2.28. The maximum atomic E-state index is 12.7. The number of benzene rings is 2. The molecule has 0 aliphatic carbocycles. The summed E-state index contributed by atoms with van der Waals surface area (Å²) in [6, 6.07) is 14.1. The number of ether oxygens (including phenoxy) is 2. The summed E-state index contributed by atoms with van der Waals surface area (Å²) in [7, 11) is 0. The topological polar surface area (TPSA) is 73.6 Å². The summed E-state index contributed by atoms with van der Waals surface area (Å²) in [5, 5.41) is 2.79. The molecule has 152 valence electrons. The van der Waals surface area contributed by atoms with Gasteiger partial charge in [0.15, 0.2) is 0 Å². The molecule has 1 aliphatic heterocycles. The number of hydrogen-bond donors (Lipinski definition) is 2. The second-order valence-electron chi connectivity index (χ2n) is 6.41. The first-order chi connectivity index (χ1) is 13.0. The fourth-order valence-corrected chi connectivity index (χ4v) is 3.12. The zero-order valence-electron chi connectivity index (χ0n) is 15.1. The molecule has 0 aromatic heterocycles. The van der Waals surface area contributed by atoms with Crippen LogP contribution in [0.2, 0.25) is 0 Å². The van der Waals surface area contributed by atoms with E-state index in [1.54, 1.807) is 12.1 Å². The van der Waals surface area contributed by atoms with E-state index in [0.29, 0.717) is 30.6 Å². The van der Waals surface area contributed by atoms with Gasteiger partial charge in [-0.15, -0.1) is 12.4 Å². The molecule has 0 bridgehead atoms. The summed E-state index contributed by atoms with van der Waals surface area (Å²) in [6.07, 6.45) is 1.11. The quantitative estimate of drug-likeness (QED) is 0.726. The summed E-state index contributed by atoms with van der Waals surface area (Å²) >= 11 is 0. The van der Waals surface area contributed by atoms with Gasteiger partial charge in [0.25, 0.3) is 5.91 Å². The Morgan fingerprint density at radius 2 is 1.96 bits per heavy atom. The molecule has 2 aromatic rings. The average Bonchev–Trinajstić information content (AvgIpc) is 3.14. The Morgan fingerprint density at radius 3 is 2.61 bits per heavy atom. The maximum absolute atomic E-state index is 12.7. The summed E-state index contributed by atoms with van der Waals surface area (Å²) in [6.45, 7) is -2.54. The highest BCUT2D eigenvalue weighted by Gasteiger charge is 2.30. The molecule has 0 unspecified atom stereocenters. The fourth-order valence-electron chi connectivity index (χ4n) is 3.12. The lowest BCUT2D eigenvalue weighted by Gasteiger charge is -2.15. The minimum Gasteiger partial charge on any atom is -0.435 e. The van der Waals surface area contributed by atoms with E-state index in [9.17, 15) is 13.6 Å². The third-order valence-corrected chi connectivity index (χ3v) is 4.44. The Kier molecular flexibility index (Phi) is 8.17. The van der Waals surface area contributed by atoms with Crippen molar-refractivity contribution in [2.45, 2.75) is 38.1 Å². The number of nitrogens with one attached hydrogen (secondary N) is 1. The van der Waals surface area contributed by atoms with Gasteiger partial charge in [-0.2, -0.15) is 8.78 Å². The van der Waals surface area contributed by atoms with Gasteiger partial charge in [0.05, 0.1) is 6.10 Å². The van der Waals surface area contributed by atoms with Gasteiger partial charge >= 0.3 is 6.61 Å². The first-order valence-corrected chi connectivity index (χ1v) is 8.83. The summed E-state index contributed by atoms with van der Waals surface area (Å²) in [5.41, 5.74) is 7.58. The van der Waals surface area contributed by atoms with Crippen molar-refractivity contribution in [2.24, 2.45) is 5.73 Å². The number of halogens is 3. The van der Waals surface area contributed by atoms with Crippen molar-refractivity contribution in [2.75, 3.05) is 11.9 Å². The van der Waals surface area contributed by atoms with Crippen molar-refractivity contribution in [1.82, 2.24) is 0 Å². The first-order valence-electron chi connectivity index (χ1n) is 8.83. The van der Waals surface area contributed by atoms with Crippen molar-refractivity contribution in [1.29, 1.82) is 0 Å². The van der Waals surface area contributed by atoms with Crippen molar-refractivity contribution in [3.05, 3.63) is 59.7 Å². The minimum absolute atomic E-state index is 0. The lowest BCUT2D eigenvalue weighted by atomic mass is 10.0. The molecule has 1 heterocycles. The molecule has 1 aliphatic rings. The second kappa shape index (κ2) is 10.4. The molecule has 8 heteroatoms. The van der Waals surface area contributed by atoms with E-state index in [1.807, 2.05) is 30.3 Å². The van der Waals surface area contributed by atoms with Crippen LogP contribution >= 0.6 is 12.4 Å². The van der Waals surface area contributed by atoms with Crippen LogP contribution in [-0.2, 0) is 16.0 Å². The van der Waals surface area contributed by atoms with E-state index >= 15 is 0 Å². The summed E-state index contributed by atoms with van der Waals surface area (Å²) in [4.78, 5) is 12.4. The zero-order valence-corrected chi connectivity index (χ0v) is 16.0. The van der Waals surface area contributed by atoms with Crippen LogP contribution in [0.4, 0.5) is 14.5 Å². The molecule has 2 atom stereocenters. The van der Waals surface area contributed by atoms with Gasteiger partial charge in [0.1, 0.15) is 11.9 Å².